The monoisotopic (exact) mass is 316 g/mol. The van der Waals surface area contributed by atoms with Gasteiger partial charge in [0.1, 0.15) is 5.66 Å². The summed E-state index contributed by atoms with van der Waals surface area (Å²) in [5, 5.41) is 2.68. The van der Waals surface area contributed by atoms with Crippen LogP contribution >= 0.6 is 0 Å². The molecule has 0 fully saturated rings. The number of likely N-dealkylation sites (N-methyl/N-ethyl adjacent to an activating group) is 2. The topological polar surface area (TPSA) is 6.48 Å². The van der Waals surface area contributed by atoms with Crippen LogP contribution in [0.5, 0.6) is 0 Å². The van der Waals surface area contributed by atoms with Crippen LogP contribution in [0.1, 0.15) is 18.9 Å². The average molecular weight is 316 g/mol. The lowest BCUT2D eigenvalue weighted by molar-refractivity contribution is 0.376. The van der Waals surface area contributed by atoms with Gasteiger partial charge in [-0.3, -0.25) is 0 Å². The van der Waals surface area contributed by atoms with Crippen LogP contribution in [0.25, 0.3) is 10.8 Å². The van der Waals surface area contributed by atoms with Gasteiger partial charge in [0.25, 0.3) is 0 Å². The Morgan fingerprint density at radius 2 is 1.33 bits per heavy atom. The zero-order chi connectivity index (χ0) is 16.7. The molecule has 0 atom stereocenters. The predicted molar refractivity (Wildman–Crippen MR) is 104 cm³/mol. The highest BCUT2D eigenvalue weighted by Crippen LogP contribution is 2.46. The fourth-order valence-corrected chi connectivity index (χ4v) is 4.29. The molecule has 3 aromatic carbocycles. The van der Waals surface area contributed by atoms with Gasteiger partial charge in [0.2, 0.25) is 0 Å². The van der Waals surface area contributed by atoms with Crippen LogP contribution in [0.2, 0.25) is 0 Å². The SMILES string of the molecule is CCC1(Cc2ccccc2)N(C)c2cccc3cccc(c23)N1C. The highest BCUT2D eigenvalue weighted by atomic mass is 15.4. The van der Waals surface area contributed by atoms with E-state index in [0.717, 1.165) is 12.8 Å². The Morgan fingerprint density at radius 1 is 0.750 bits per heavy atom. The highest BCUT2D eigenvalue weighted by molar-refractivity contribution is 6.05. The first-order valence-corrected chi connectivity index (χ1v) is 8.71. The minimum absolute atomic E-state index is 0.0516. The maximum atomic E-state index is 2.48. The van der Waals surface area contributed by atoms with Crippen LogP contribution in [0, 0.1) is 0 Å². The maximum Gasteiger partial charge on any atom is 0.116 e. The van der Waals surface area contributed by atoms with Gasteiger partial charge in [0.05, 0.1) is 0 Å². The Labute approximate surface area is 144 Å². The summed E-state index contributed by atoms with van der Waals surface area (Å²) in [5.74, 6) is 0. The van der Waals surface area contributed by atoms with Crippen molar-refractivity contribution in [1.82, 2.24) is 0 Å². The van der Waals surface area contributed by atoms with Gasteiger partial charge in [-0.15, -0.1) is 0 Å². The van der Waals surface area contributed by atoms with Crippen molar-refractivity contribution in [3.05, 3.63) is 72.3 Å². The number of anilines is 2. The molecule has 122 valence electrons. The van der Waals surface area contributed by atoms with Crippen LogP contribution in [-0.4, -0.2) is 19.8 Å². The molecule has 1 heterocycles. The van der Waals surface area contributed by atoms with Crippen LogP contribution in [-0.2, 0) is 6.42 Å². The Balaban J connectivity index is 1.91. The van der Waals surface area contributed by atoms with Crippen molar-refractivity contribution in [3.63, 3.8) is 0 Å². The third-order valence-electron chi connectivity index (χ3n) is 5.73. The molecule has 2 heteroatoms. The molecule has 0 aliphatic carbocycles. The third-order valence-corrected chi connectivity index (χ3v) is 5.73. The van der Waals surface area contributed by atoms with Gasteiger partial charge < -0.3 is 9.80 Å². The second kappa shape index (κ2) is 5.55. The zero-order valence-electron chi connectivity index (χ0n) is 14.7. The van der Waals surface area contributed by atoms with Gasteiger partial charge >= 0.3 is 0 Å². The van der Waals surface area contributed by atoms with Crippen LogP contribution < -0.4 is 9.80 Å². The van der Waals surface area contributed by atoms with Gasteiger partial charge in [0, 0.05) is 37.3 Å². The first-order chi connectivity index (χ1) is 11.7. The van der Waals surface area contributed by atoms with Crippen molar-refractivity contribution in [2.45, 2.75) is 25.4 Å². The largest absolute Gasteiger partial charge is 0.351 e. The van der Waals surface area contributed by atoms with Gasteiger partial charge in [-0.2, -0.15) is 0 Å². The molecule has 0 saturated carbocycles. The quantitative estimate of drug-likeness (QED) is 0.665. The lowest BCUT2D eigenvalue weighted by atomic mass is 9.88. The minimum atomic E-state index is -0.0516. The lowest BCUT2D eigenvalue weighted by Gasteiger charge is -2.53. The second-order valence-electron chi connectivity index (χ2n) is 6.77. The smallest absolute Gasteiger partial charge is 0.116 e. The predicted octanol–water partition coefficient (Wildman–Crippen LogP) is 5.07. The third kappa shape index (κ3) is 2.02. The van der Waals surface area contributed by atoms with Gasteiger partial charge in [0.15, 0.2) is 0 Å². The average Bonchev–Trinajstić information content (AvgIpc) is 2.64. The minimum Gasteiger partial charge on any atom is -0.351 e. The zero-order valence-corrected chi connectivity index (χ0v) is 14.7. The van der Waals surface area contributed by atoms with E-state index in [1.165, 1.54) is 27.7 Å². The summed E-state index contributed by atoms with van der Waals surface area (Å²) < 4.78 is 0. The Hall–Kier alpha value is -2.48. The standard InChI is InChI=1S/C22H24N2/c1-4-22(16-17-10-6-5-7-11-17)23(2)19-14-8-12-18-13-9-15-20(21(18)19)24(22)3/h5-15H,4,16H2,1-3H3. The van der Waals surface area contributed by atoms with E-state index in [0.29, 0.717) is 0 Å². The Morgan fingerprint density at radius 3 is 1.88 bits per heavy atom. The number of rotatable bonds is 3. The molecule has 2 nitrogen and oxygen atoms in total. The van der Waals surface area contributed by atoms with E-state index in [1.807, 2.05) is 0 Å². The molecule has 0 spiro atoms. The molecule has 4 rings (SSSR count). The maximum absolute atomic E-state index is 2.48. The van der Waals surface area contributed by atoms with E-state index in [4.69, 9.17) is 0 Å². The summed E-state index contributed by atoms with van der Waals surface area (Å²) in [6.45, 7) is 2.30. The highest BCUT2D eigenvalue weighted by Gasteiger charge is 2.42. The van der Waals surface area contributed by atoms with Crippen molar-refractivity contribution in [2.75, 3.05) is 23.9 Å². The molecule has 0 bridgehead atoms. The summed E-state index contributed by atoms with van der Waals surface area (Å²) in [4.78, 5) is 4.96. The van der Waals surface area contributed by atoms with E-state index in [9.17, 15) is 0 Å². The molecule has 3 aromatic rings. The Kier molecular flexibility index (Phi) is 3.49. The van der Waals surface area contributed by atoms with E-state index in [-0.39, 0.29) is 5.66 Å². The normalized spacial score (nSPS) is 15.8. The number of hydrogen-bond donors (Lipinski definition) is 0. The molecule has 0 amide bonds. The van der Waals surface area contributed by atoms with E-state index in [2.05, 4.69) is 97.5 Å². The molecule has 0 aromatic heterocycles. The molecular weight excluding hydrogens is 292 g/mol. The van der Waals surface area contributed by atoms with Crippen molar-refractivity contribution in [1.29, 1.82) is 0 Å². The molecular formula is C22H24N2. The number of nitrogens with zero attached hydrogens (tertiary/aromatic N) is 2. The van der Waals surface area contributed by atoms with E-state index >= 15 is 0 Å². The number of benzene rings is 3. The van der Waals surface area contributed by atoms with Crippen LogP contribution in [0.4, 0.5) is 11.4 Å². The van der Waals surface area contributed by atoms with E-state index < -0.39 is 0 Å². The second-order valence-corrected chi connectivity index (χ2v) is 6.77. The number of hydrogen-bond acceptors (Lipinski definition) is 2. The van der Waals surface area contributed by atoms with Crippen molar-refractivity contribution in [2.24, 2.45) is 0 Å². The summed E-state index contributed by atoms with van der Waals surface area (Å²) in [7, 11) is 4.49. The van der Waals surface area contributed by atoms with Gasteiger partial charge in [-0.05, 0) is 29.5 Å². The van der Waals surface area contributed by atoms with Gasteiger partial charge in [-0.1, -0.05) is 61.5 Å². The van der Waals surface area contributed by atoms with Crippen molar-refractivity contribution >= 4 is 22.1 Å². The first kappa shape index (κ1) is 15.1. The summed E-state index contributed by atoms with van der Waals surface area (Å²) in [6, 6.07) is 24.1. The van der Waals surface area contributed by atoms with Gasteiger partial charge in [-0.25, -0.2) is 0 Å². The lowest BCUT2D eigenvalue weighted by Crippen LogP contribution is -2.61. The van der Waals surface area contributed by atoms with Crippen LogP contribution in [0.15, 0.2) is 66.7 Å². The molecule has 1 aliphatic rings. The molecule has 0 radical (unpaired) electrons. The molecule has 1 aliphatic heterocycles. The molecule has 0 saturated heterocycles. The summed E-state index contributed by atoms with van der Waals surface area (Å²) in [5.41, 5.74) is 3.99. The fourth-order valence-electron chi connectivity index (χ4n) is 4.29. The first-order valence-electron chi connectivity index (χ1n) is 8.71. The van der Waals surface area contributed by atoms with Crippen LogP contribution in [0.3, 0.4) is 0 Å². The molecule has 0 unspecified atom stereocenters. The van der Waals surface area contributed by atoms with E-state index in [1.54, 1.807) is 0 Å². The summed E-state index contributed by atoms with van der Waals surface area (Å²) >= 11 is 0. The fraction of sp³-hybridized carbons (Fsp3) is 0.273. The van der Waals surface area contributed by atoms with Crippen molar-refractivity contribution < 1.29 is 0 Å². The molecule has 0 N–H and O–H groups in total. The van der Waals surface area contributed by atoms with Crippen molar-refractivity contribution in [3.8, 4) is 0 Å². The Bertz CT molecular complexity index is 825. The summed E-state index contributed by atoms with van der Waals surface area (Å²) in [6.07, 6.45) is 2.06. The molecule has 24 heavy (non-hydrogen) atoms.